The Bertz CT molecular complexity index is 416. The second-order valence-electron chi connectivity index (χ2n) is 4.64. The van der Waals surface area contributed by atoms with Crippen LogP contribution in [-0.4, -0.2) is 40.6 Å². The number of nitrogens with two attached hydrogens (primary N) is 1. The van der Waals surface area contributed by atoms with E-state index in [0.29, 0.717) is 23.7 Å². The molecule has 1 aliphatic rings. The highest BCUT2D eigenvalue weighted by molar-refractivity contribution is 5.98. The Labute approximate surface area is 100 Å². The van der Waals surface area contributed by atoms with Gasteiger partial charge in [0, 0.05) is 31.7 Å². The third-order valence-corrected chi connectivity index (χ3v) is 3.17. The molecular weight excluding hydrogens is 218 g/mol. The highest BCUT2D eigenvalue weighted by Gasteiger charge is 2.29. The van der Waals surface area contributed by atoms with E-state index in [1.807, 2.05) is 0 Å². The van der Waals surface area contributed by atoms with E-state index in [9.17, 15) is 9.90 Å². The zero-order valence-corrected chi connectivity index (χ0v) is 9.84. The lowest BCUT2D eigenvalue weighted by Crippen LogP contribution is -2.39. The largest absolute Gasteiger partial charge is 0.398 e. The minimum absolute atomic E-state index is 0.114. The fraction of sp³-hybridized carbons (Fsp3) is 0.500. The van der Waals surface area contributed by atoms with Gasteiger partial charge in [-0.25, -0.2) is 0 Å². The molecule has 1 aliphatic carbocycles. The number of aliphatic hydroxyl groups is 1. The molecule has 0 unspecified atom stereocenters. The molecule has 3 N–H and O–H groups in total. The highest BCUT2D eigenvalue weighted by Crippen LogP contribution is 2.28. The van der Waals surface area contributed by atoms with Crippen LogP contribution in [0.5, 0.6) is 0 Å². The molecule has 5 nitrogen and oxygen atoms in total. The van der Waals surface area contributed by atoms with Gasteiger partial charge >= 0.3 is 0 Å². The first-order chi connectivity index (χ1) is 8.08. The number of anilines is 1. The monoisotopic (exact) mass is 235 g/mol. The first-order valence-electron chi connectivity index (χ1n) is 5.71. The number of aromatic nitrogens is 1. The Morgan fingerprint density at radius 3 is 2.94 bits per heavy atom. The molecule has 2 rings (SSSR count). The highest BCUT2D eigenvalue weighted by atomic mass is 16.3. The molecule has 1 heterocycles. The molecule has 1 aromatic heterocycles. The standard InChI is InChI=1S/C12H17N3O2/c1-15(7-8-4-9(16)5-8)12(17)10-6-14-3-2-11(10)13/h2-3,6,8-9,16H,4-5,7H2,1H3,(H2,13,14). The van der Waals surface area contributed by atoms with Crippen molar-refractivity contribution in [2.24, 2.45) is 5.92 Å². The van der Waals surface area contributed by atoms with Crippen molar-refractivity contribution in [1.82, 2.24) is 9.88 Å². The average molecular weight is 235 g/mol. The Morgan fingerprint density at radius 2 is 2.35 bits per heavy atom. The Morgan fingerprint density at radius 1 is 1.65 bits per heavy atom. The number of aliphatic hydroxyl groups excluding tert-OH is 1. The van der Waals surface area contributed by atoms with E-state index < -0.39 is 0 Å². The number of nitrogen functional groups attached to an aromatic ring is 1. The molecule has 0 aliphatic heterocycles. The molecule has 1 saturated carbocycles. The number of carbonyl (C=O) groups excluding carboxylic acids is 1. The van der Waals surface area contributed by atoms with Crippen molar-refractivity contribution in [3.63, 3.8) is 0 Å². The van der Waals surface area contributed by atoms with Crippen LogP contribution in [0.4, 0.5) is 5.69 Å². The smallest absolute Gasteiger partial charge is 0.257 e. The summed E-state index contributed by atoms with van der Waals surface area (Å²) >= 11 is 0. The molecule has 1 fully saturated rings. The molecule has 1 aromatic rings. The second kappa shape index (κ2) is 4.71. The van der Waals surface area contributed by atoms with E-state index in [1.165, 1.54) is 6.20 Å². The molecule has 0 bridgehead atoms. The normalized spacial score (nSPS) is 22.9. The van der Waals surface area contributed by atoms with Crippen LogP contribution in [0, 0.1) is 5.92 Å². The van der Waals surface area contributed by atoms with Gasteiger partial charge in [-0.15, -0.1) is 0 Å². The van der Waals surface area contributed by atoms with Crippen molar-refractivity contribution < 1.29 is 9.90 Å². The summed E-state index contributed by atoms with van der Waals surface area (Å²) in [6, 6.07) is 1.62. The maximum Gasteiger partial charge on any atom is 0.257 e. The summed E-state index contributed by atoms with van der Waals surface area (Å²) in [7, 11) is 1.75. The lowest BCUT2D eigenvalue weighted by atomic mass is 9.82. The number of nitrogens with zero attached hydrogens (tertiary/aromatic N) is 2. The van der Waals surface area contributed by atoms with Crippen LogP contribution in [0.15, 0.2) is 18.5 Å². The second-order valence-corrected chi connectivity index (χ2v) is 4.64. The number of carbonyl (C=O) groups is 1. The maximum atomic E-state index is 12.1. The van der Waals surface area contributed by atoms with Crippen molar-refractivity contribution in [1.29, 1.82) is 0 Å². The zero-order chi connectivity index (χ0) is 12.4. The third kappa shape index (κ3) is 2.55. The number of rotatable bonds is 3. The first kappa shape index (κ1) is 11.9. The first-order valence-corrected chi connectivity index (χ1v) is 5.71. The van der Waals surface area contributed by atoms with Crippen molar-refractivity contribution in [2.75, 3.05) is 19.3 Å². The van der Waals surface area contributed by atoms with Gasteiger partial charge in [-0.05, 0) is 24.8 Å². The SMILES string of the molecule is CN(CC1CC(O)C1)C(=O)c1cnccc1N. The van der Waals surface area contributed by atoms with E-state index in [-0.39, 0.29) is 12.0 Å². The topological polar surface area (TPSA) is 79.5 Å². The summed E-state index contributed by atoms with van der Waals surface area (Å²) in [6.07, 6.45) is 4.42. The van der Waals surface area contributed by atoms with Gasteiger partial charge in [-0.1, -0.05) is 0 Å². The van der Waals surface area contributed by atoms with Crippen LogP contribution in [0.25, 0.3) is 0 Å². The molecule has 0 aromatic carbocycles. The Balaban J connectivity index is 1.97. The van der Waals surface area contributed by atoms with Crippen LogP contribution in [0.2, 0.25) is 0 Å². The minimum Gasteiger partial charge on any atom is -0.398 e. The van der Waals surface area contributed by atoms with Gasteiger partial charge in [0.1, 0.15) is 0 Å². The lowest BCUT2D eigenvalue weighted by Gasteiger charge is -2.34. The fourth-order valence-corrected chi connectivity index (χ4v) is 2.11. The fourth-order valence-electron chi connectivity index (χ4n) is 2.11. The molecule has 0 spiro atoms. The van der Waals surface area contributed by atoms with Gasteiger partial charge in [0.15, 0.2) is 0 Å². The summed E-state index contributed by atoms with van der Waals surface area (Å²) in [5.41, 5.74) is 6.62. The summed E-state index contributed by atoms with van der Waals surface area (Å²) in [5, 5.41) is 9.20. The molecule has 0 atom stereocenters. The maximum absolute atomic E-state index is 12.1. The summed E-state index contributed by atoms with van der Waals surface area (Å²) < 4.78 is 0. The summed E-state index contributed by atoms with van der Waals surface area (Å²) in [5.74, 6) is 0.286. The number of hydrogen-bond acceptors (Lipinski definition) is 4. The molecule has 1 amide bonds. The lowest BCUT2D eigenvalue weighted by molar-refractivity contribution is 0.0265. The van der Waals surface area contributed by atoms with Gasteiger partial charge in [0.25, 0.3) is 5.91 Å². The molecule has 0 radical (unpaired) electrons. The van der Waals surface area contributed by atoms with Crippen LogP contribution in [0.1, 0.15) is 23.2 Å². The van der Waals surface area contributed by atoms with Gasteiger partial charge in [0.05, 0.1) is 11.7 Å². The van der Waals surface area contributed by atoms with Crippen molar-refractivity contribution in [3.8, 4) is 0 Å². The summed E-state index contributed by atoms with van der Waals surface area (Å²) in [4.78, 5) is 17.6. The number of amides is 1. The van der Waals surface area contributed by atoms with Gasteiger partial charge < -0.3 is 15.7 Å². The molecule has 17 heavy (non-hydrogen) atoms. The zero-order valence-electron chi connectivity index (χ0n) is 9.84. The number of hydrogen-bond donors (Lipinski definition) is 2. The molecular formula is C12H17N3O2. The molecule has 5 heteroatoms. The van der Waals surface area contributed by atoms with Crippen molar-refractivity contribution in [2.45, 2.75) is 18.9 Å². The molecule has 0 saturated heterocycles. The van der Waals surface area contributed by atoms with Crippen molar-refractivity contribution >= 4 is 11.6 Å². The predicted molar refractivity (Wildman–Crippen MR) is 64.3 cm³/mol. The average Bonchev–Trinajstić information content (AvgIpc) is 2.26. The van der Waals surface area contributed by atoms with Gasteiger partial charge in [0.2, 0.25) is 0 Å². The Hall–Kier alpha value is -1.62. The van der Waals surface area contributed by atoms with Gasteiger partial charge in [-0.3, -0.25) is 9.78 Å². The van der Waals surface area contributed by atoms with E-state index >= 15 is 0 Å². The third-order valence-electron chi connectivity index (χ3n) is 3.17. The van der Waals surface area contributed by atoms with E-state index in [1.54, 1.807) is 24.2 Å². The van der Waals surface area contributed by atoms with E-state index in [0.717, 1.165) is 12.8 Å². The van der Waals surface area contributed by atoms with Gasteiger partial charge in [-0.2, -0.15) is 0 Å². The quantitative estimate of drug-likeness (QED) is 0.800. The van der Waals surface area contributed by atoms with Crippen molar-refractivity contribution in [3.05, 3.63) is 24.0 Å². The van der Waals surface area contributed by atoms with Crippen LogP contribution < -0.4 is 5.73 Å². The molecule has 92 valence electrons. The minimum atomic E-state index is -0.188. The van der Waals surface area contributed by atoms with Crippen LogP contribution in [-0.2, 0) is 0 Å². The van der Waals surface area contributed by atoms with E-state index in [4.69, 9.17) is 5.73 Å². The van der Waals surface area contributed by atoms with Crippen LogP contribution in [0.3, 0.4) is 0 Å². The van der Waals surface area contributed by atoms with Crippen LogP contribution >= 0.6 is 0 Å². The Kier molecular flexibility index (Phi) is 3.28. The van der Waals surface area contributed by atoms with E-state index in [2.05, 4.69) is 4.98 Å². The predicted octanol–water partition coefficient (Wildman–Crippen LogP) is 0.507. The number of pyridine rings is 1. The summed E-state index contributed by atoms with van der Waals surface area (Å²) in [6.45, 7) is 0.657.